The van der Waals surface area contributed by atoms with Crippen molar-refractivity contribution in [3.63, 3.8) is 0 Å². The highest BCUT2D eigenvalue weighted by Crippen LogP contribution is 2.28. The maximum absolute atomic E-state index is 5.97. The Morgan fingerprint density at radius 1 is 1.44 bits per heavy atom. The van der Waals surface area contributed by atoms with Gasteiger partial charge in [-0.1, -0.05) is 12.1 Å². The SMILES string of the molecule is CCOCC1CCN(c2ccccc2N)C1. The Kier molecular flexibility index (Phi) is 3.67. The van der Waals surface area contributed by atoms with Crippen LogP contribution in [0.5, 0.6) is 0 Å². The number of ether oxygens (including phenoxy) is 1. The number of nitrogens with zero attached hydrogens (tertiary/aromatic N) is 1. The van der Waals surface area contributed by atoms with Crippen LogP contribution >= 0.6 is 0 Å². The molecule has 3 heteroatoms. The first-order chi connectivity index (χ1) is 7.81. The first-order valence-electron chi connectivity index (χ1n) is 5.98. The molecule has 1 fully saturated rings. The lowest BCUT2D eigenvalue weighted by atomic mass is 10.1. The highest BCUT2D eigenvalue weighted by atomic mass is 16.5. The van der Waals surface area contributed by atoms with Crippen molar-refractivity contribution in [1.82, 2.24) is 0 Å². The number of benzene rings is 1. The number of nitrogens with two attached hydrogens (primary N) is 1. The zero-order valence-corrected chi connectivity index (χ0v) is 9.86. The van der Waals surface area contributed by atoms with Crippen LogP contribution in [-0.4, -0.2) is 26.3 Å². The summed E-state index contributed by atoms with van der Waals surface area (Å²) in [6.45, 7) is 5.88. The van der Waals surface area contributed by atoms with Crippen molar-refractivity contribution in [2.24, 2.45) is 5.92 Å². The van der Waals surface area contributed by atoms with E-state index in [1.54, 1.807) is 0 Å². The molecule has 2 rings (SSSR count). The van der Waals surface area contributed by atoms with Crippen molar-refractivity contribution in [2.75, 3.05) is 36.9 Å². The average Bonchev–Trinajstić information content (AvgIpc) is 2.75. The van der Waals surface area contributed by atoms with Crippen LogP contribution in [-0.2, 0) is 4.74 Å². The molecular formula is C13H20N2O. The highest BCUT2D eigenvalue weighted by Gasteiger charge is 2.23. The predicted octanol–water partition coefficient (Wildman–Crippen LogP) is 2.13. The molecule has 16 heavy (non-hydrogen) atoms. The largest absolute Gasteiger partial charge is 0.397 e. The van der Waals surface area contributed by atoms with Crippen LogP contribution in [0.4, 0.5) is 11.4 Å². The van der Waals surface area contributed by atoms with E-state index in [-0.39, 0.29) is 0 Å². The van der Waals surface area contributed by atoms with Crippen molar-refractivity contribution in [2.45, 2.75) is 13.3 Å². The van der Waals surface area contributed by atoms with Crippen molar-refractivity contribution < 1.29 is 4.74 Å². The van der Waals surface area contributed by atoms with E-state index in [4.69, 9.17) is 10.5 Å². The number of hydrogen-bond donors (Lipinski definition) is 1. The summed E-state index contributed by atoms with van der Waals surface area (Å²) in [5.74, 6) is 0.652. The lowest BCUT2D eigenvalue weighted by Gasteiger charge is -2.20. The molecule has 1 atom stereocenters. The van der Waals surface area contributed by atoms with Gasteiger partial charge in [0.05, 0.1) is 18.0 Å². The lowest BCUT2D eigenvalue weighted by Crippen LogP contribution is -2.22. The fourth-order valence-electron chi connectivity index (χ4n) is 2.25. The van der Waals surface area contributed by atoms with Gasteiger partial charge in [0, 0.05) is 25.6 Å². The van der Waals surface area contributed by atoms with Crippen LogP contribution in [0, 0.1) is 5.92 Å². The van der Waals surface area contributed by atoms with Gasteiger partial charge in [0.1, 0.15) is 0 Å². The van der Waals surface area contributed by atoms with Gasteiger partial charge in [-0.25, -0.2) is 0 Å². The second-order valence-electron chi connectivity index (χ2n) is 4.32. The number of para-hydroxylation sites is 2. The van der Waals surface area contributed by atoms with Gasteiger partial charge in [-0.3, -0.25) is 0 Å². The number of anilines is 2. The first-order valence-corrected chi connectivity index (χ1v) is 5.98. The second kappa shape index (κ2) is 5.21. The molecule has 2 N–H and O–H groups in total. The number of nitrogen functional groups attached to an aromatic ring is 1. The van der Waals surface area contributed by atoms with E-state index in [9.17, 15) is 0 Å². The Morgan fingerprint density at radius 2 is 2.25 bits per heavy atom. The van der Waals surface area contributed by atoms with E-state index < -0.39 is 0 Å². The van der Waals surface area contributed by atoms with Crippen molar-refractivity contribution in [3.05, 3.63) is 24.3 Å². The molecule has 1 aromatic carbocycles. The summed E-state index contributed by atoms with van der Waals surface area (Å²) in [6, 6.07) is 8.08. The first kappa shape index (κ1) is 11.3. The molecule has 1 unspecified atom stereocenters. The van der Waals surface area contributed by atoms with Crippen molar-refractivity contribution in [1.29, 1.82) is 0 Å². The molecule has 0 bridgehead atoms. The quantitative estimate of drug-likeness (QED) is 0.790. The van der Waals surface area contributed by atoms with Crippen LogP contribution in [0.25, 0.3) is 0 Å². The molecule has 1 heterocycles. The molecule has 0 aliphatic carbocycles. The molecule has 1 saturated heterocycles. The topological polar surface area (TPSA) is 38.5 Å². The molecule has 1 aromatic rings. The minimum absolute atomic E-state index is 0.652. The van der Waals surface area contributed by atoms with Crippen molar-refractivity contribution >= 4 is 11.4 Å². The number of rotatable bonds is 4. The van der Waals surface area contributed by atoms with Gasteiger partial charge in [-0.15, -0.1) is 0 Å². The van der Waals surface area contributed by atoms with Gasteiger partial charge in [0.25, 0.3) is 0 Å². The Morgan fingerprint density at radius 3 is 3.00 bits per heavy atom. The Bertz CT molecular complexity index is 340. The van der Waals surface area contributed by atoms with Gasteiger partial charge in [0.15, 0.2) is 0 Å². The zero-order chi connectivity index (χ0) is 11.4. The summed E-state index contributed by atoms with van der Waals surface area (Å²) >= 11 is 0. The molecule has 1 aliphatic rings. The molecule has 0 radical (unpaired) electrons. The summed E-state index contributed by atoms with van der Waals surface area (Å²) in [4.78, 5) is 2.36. The fraction of sp³-hybridized carbons (Fsp3) is 0.538. The standard InChI is InChI=1S/C13H20N2O/c1-2-16-10-11-7-8-15(9-11)13-6-4-3-5-12(13)14/h3-6,11H,2,7-10,14H2,1H3. The predicted molar refractivity (Wildman–Crippen MR) is 67.7 cm³/mol. The van der Waals surface area contributed by atoms with Crippen LogP contribution in [0.3, 0.4) is 0 Å². The highest BCUT2D eigenvalue weighted by molar-refractivity contribution is 5.67. The van der Waals surface area contributed by atoms with Gasteiger partial charge in [-0.05, 0) is 25.5 Å². The van der Waals surface area contributed by atoms with E-state index in [2.05, 4.69) is 11.0 Å². The van der Waals surface area contributed by atoms with Gasteiger partial charge in [0.2, 0.25) is 0 Å². The van der Waals surface area contributed by atoms with Crippen LogP contribution in [0.2, 0.25) is 0 Å². The van der Waals surface area contributed by atoms with Gasteiger partial charge < -0.3 is 15.4 Å². The molecule has 0 aromatic heterocycles. The van der Waals surface area contributed by atoms with Crippen LogP contribution in [0.1, 0.15) is 13.3 Å². The maximum atomic E-state index is 5.97. The zero-order valence-electron chi connectivity index (χ0n) is 9.86. The molecule has 1 aliphatic heterocycles. The maximum Gasteiger partial charge on any atom is 0.0600 e. The van der Waals surface area contributed by atoms with Gasteiger partial charge in [-0.2, -0.15) is 0 Å². The lowest BCUT2D eigenvalue weighted by molar-refractivity contribution is 0.117. The summed E-state index contributed by atoms with van der Waals surface area (Å²) in [7, 11) is 0. The molecule has 3 nitrogen and oxygen atoms in total. The molecule has 88 valence electrons. The van der Waals surface area contributed by atoms with Crippen LogP contribution in [0.15, 0.2) is 24.3 Å². The Labute approximate surface area is 97.2 Å². The Hall–Kier alpha value is -1.22. The molecule has 0 saturated carbocycles. The van der Waals surface area contributed by atoms with E-state index >= 15 is 0 Å². The smallest absolute Gasteiger partial charge is 0.0600 e. The Balaban J connectivity index is 1.96. The summed E-state index contributed by atoms with van der Waals surface area (Å²) in [6.07, 6.45) is 1.20. The van der Waals surface area contributed by atoms with E-state index in [1.165, 1.54) is 12.1 Å². The number of hydrogen-bond acceptors (Lipinski definition) is 3. The minimum Gasteiger partial charge on any atom is -0.397 e. The average molecular weight is 220 g/mol. The van der Waals surface area contributed by atoms with Crippen molar-refractivity contribution in [3.8, 4) is 0 Å². The summed E-state index contributed by atoms with van der Waals surface area (Å²) in [5, 5.41) is 0. The summed E-state index contributed by atoms with van der Waals surface area (Å²) < 4.78 is 5.47. The molecular weight excluding hydrogens is 200 g/mol. The van der Waals surface area contributed by atoms with E-state index in [0.29, 0.717) is 5.92 Å². The third kappa shape index (κ3) is 2.47. The fourth-order valence-corrected chi connectivity index (χ4v) is 2.25. The monoisotopic (exact) mass is 220 g/mol. The molecule has 0 amide bonds. The molecule has 0 spiro atoms. The minimum atomic E-state index is 0.652. The third-order valence-corrected chi connectivity index (χ3v) is 3.12. The third-order valence-electron chi connectivity index (χ3n) is 3.12. The van der Waals surface area contributed by atoms with Crippen LogP contribution < -0.4 is 10.6 Å². The van der Waals surface area contributed by atoms with Gasteiger partial charge >= 0.3 is 0 Å². The van der Waals surface area contributed by atoms with E-state index in [1.807, 2.05) is 25.1 Å². The van der Waals surface area contributed by atoms with E-state index in [0.717, 1.165) is 32.0 Å². The summed E-state index contributed by atoms with van der Waals surface area (Å²) in [5.41, 5.74) is 8.02. The normalized spacial score (nSPS) is 20.3. The second-order valence-corrected chi connectivity index (χ2v) is 4.32.